The number of carbonyl (C=O) groups excluding carboxylic acids is 3. The highest BCUT2D eigenvalue weighted by molar-refractivity contribution is 7.89. The molecule has 0 bridgehead atoms. The minimum absolute atomic E-state index is 0.120. The second kappa shape index (κ2) is 13.0. The fourth-order valence-corrected chi connectivity index (χ4v) is 7.10. The van der Waals surface area contributed by atoms with Gasteiger partial charge in [0.25, 0.3) is 15.9 Å². The van der Waals surface area contributed by atoms with Crippen molar-refractivity contribution in [1.29, 1.82) is 0 Å². The minimum atomic E-state index is -3.98. The molecule has 2 atom stereocenters. The standard InChI is InChI=1S/C35H32N4O5S/c40-32-23-39(45(43,44)33-16-5-6-19-36-33)20-8-15-30(32)37-35(42)31(22-24-17-18-25-9-1-2-11-27(25)21-24)38-34(41)29-14-7-12-26-10-3-4-13-28(26)29/h1-7,9-14,16-19,21,30-31H,8,15,20,22-23H2,(H,37,42)(H,38,41)/t30-,31-/m0/s1. The molecule has 0 spiro atoms. The fourth-order valence-electron chi connectivity index (χ4n) is 5.73. The minimum Gasteiger partial charge on any atom is -0.344 e. The van der Waals surface area contributed by atoms with Crippen LogP contribution in [0.1, 0.15) is 28.8 Å². The van der Waals surface area contributed by atoms with Crippen LogP contribution in [0.15, 0.2) is 114 Å². The van der Waals surface area contributed by atoms with Crippen molar-refractivity contribution in [3.8, 4) is 0 Å². The summed E-state index contributed by atoms with van der Waals surface area (Å²) in [5.74, 6) is -1.35. The summed E-state index contributed by atoms with van der Waals surface area (Å²) >= 11 is 0. The lowest BCUT2D eigenvalue weighted by Gasteiger charge is -2.23. The quantitative estimate of drug-likeness (QED) is 0.267. The summed E-state index contributed by atoms with van der Waals surface area (Å²) in [6.45, 7) is -0.267. The van der Waals surface area contributed by atoms with Gasteiger partial charge in [0.2, 0.25) is 5.91 Å². The first kappa shape index (κ1) is 30.1. The summed E-state index contributed by atoms with van der Waals surface area (Å²) in [5.41, 5.74) is 1.28. The van der Waals surface area contributed by atoms with E-state index in [1.54, 1.807) is 24.3 Å². The molecule has 1 fully saturated rings. The number of sulfonamides is 1. The van der Waals surface area contributed by atoms with Crippen LogP contribution in [-0.2, 0) is 26.0 Å². The van der Waals surface area contributed by atoms with Gasteiger partial charge in [-0.3, -0.25) is 14.4 Å². The molecule has 0 aliphatic carbocycles. The zero-order valence-corrected chi connectivity index (χ0v) is 25.2. The van der Waals surface area contributed by atoms with E-state index in [2.05, 4.69) is 15.6 Å². The molecule has 0 unspecified atom stereocenters. The van der Waals surface area contributed by atoms with Crippen LogP contribution >= 0.6 is 0 Å². The maximum absolute atomic E-state index is 13.8. The van der Waals surface area contributed by atoms with E-state index in [1.165, 1.54) is 12.3 Å². The molecule has 228 valence electrons. The monoisotopic (exact) mass is 620 g/mol. The van der Waals surface area contributed by atoms with E-state index in [-0.39, 0.29) is 31.0 Å². The average Bonchev–Trinajstić information content (AvgIpc) is 3.25. The number of ketones is 1. The van der Waals surface area contributed by atoms with Crippen LogP contribution in [0.5, 0.6) is 0 Å². The molecule has 9 nitrogen and oxygen atoms in total. The smallest absolute Gasteiger partial charge is 0.260 e. The van der Waals surface area contributed by atoms with Crippen molar-refractivity contribution in [3.63, 3.8) is 0 Å². The van der Waals surface area contributed by atoms with Gasteiger partial charge >= 0.3 is 0 Å². The summed E-state index contributed by atoms with van der Waals surface area (Å²) < 4.78 is 27.4. The number of nitrogens with zero attached hydrogens (tertiary/aromatic N) is 2. The molecule has 2 N–H and O–H groups in total. The van der Waals surface area contributed by atoms with E-state index < -0.39 is 39.7 Å². The molecule has 0 radical (unpaired) electrons. The second-order valence-corrected chi connectivity index (χ2v) is 13.0. The molecule has 4 aromatic carbocycles. The Morgan fingerprint density at radius 1 is 0.867 bits per heavy atom. The molecule has 6 rings (SSSR count). The Morgan fingerprint density at radius 3 is 2.40 bits per heavy atom. The van der Waals surface area contributed by atoms with E-state index >= 15 is 0 Å². The number of fused-ring (bicyclic) bond motifs is 2. The van der Waals surface area contributed by atoms with Crippen molar-refractivity contribution >= 4 is 49.2 Å². The molecule has 2 amide bonds. The van der Waals surface area contributed by atoms with Crippen molar-refractivity contribution in [3.05, 3.63) is 120 Å². The van der Waals surface area contributed by atoms with Crippen LogP contribution < -0.4 is 10.6 Å². The van der Waals surface area contributed by atoms with Crippen LogP contribution in [-0.4, -0.2) is 60.5 Å². The highest BCUT2D eigenvalue weighted by Gasteiger charge is 2.35. The van der Waals surface area contributed by atoms with Crippen molar-refractivity contribution in [2.45, 2.75) is 36.4 Å². The third kappa shape index (κ3) is 6.62. The Hall–Kier alpha value is -4.93. The predicted octanol–water partition coefficient (Wildman–Crippen LogP) is 4.27. The second-order valence-electron chi connectivity index (χ2n) is 11.1. The molecular formula is C35H32N4O5S. The van der Waals surface area contributed by atoms with Gasteiger partial charge in [0.1, 0.15) is 6.04 Å². The largest absolute Gasteiger partial charge is 0.344 e. The molecule has 1 saturated heterocycles. The van der Waals surface area contributed by atoms with E-state index in [4.69, 9.17) is 0 Å². The third-order valence-corrected chi connectivity index (χ3v) is 9.85. The Morgan fingerprint density at radius 2 is 1.60 bits per heavy atom. The highest BCUT2D eigenvalue weighted by Crippen LogP contribution is 2.21. The van der Waals surface area contributed by atoms with Gasteiger partial charge in [0, 0.05) is 24.7 Å². The Labute approximate surface area is 261 Å². The molecule has 0 saturated carbocycles. The molecule has 2 heterocycles. The summed E-state index contributed by atoms with van der Waals surface area (Å²) in [7, 11) is -3.98. The molecule has 45 heavy (non-hydrogen) atoms. The summed E-state index contributed by atoms with van der Waals surface area (Å²) in [6, 6.07) is 29.4. The van der Waals surface area contributed by atoms with E-state index in [9.17, 15) is 22.8 Å². The Kier molecular flexibility index (Phi) is 8.68. The van der Waals surface area contributed by atoms with Gasteiger partial charge in [-0.2, -0.15) is 4.31 Å². The normalized spacial score (nSPS) is 16.6. The number of hydrogen-bond acceptors (Lipinski definition) is 6. The number of pyridine rings is 1. The van der Waals surface area contributed by atoms with Crippen LogP contribution in [0.4, 0.5) is 0 Å². The van der Waals surface area contributed by atoms with E-state index in [0.29, 0.717) is 12.0 Å². The number of aromatic nitrogens is 1. The third-order valence-electron chi connectivity index (χ3n) is 8.09. The van der Waals surface area contributed by atoms with Gasteiger partial charge in [-0.15, -0.1) is 0 Å². The van der Waals surface area contributed by atoms with Crippen molar-refractivity contribution in [2.75, 3.05) is 13.1 Å². The highest BCUT2D eigenvalue weighted by atomic mass is 32.2. The number of amides is 2. The van der Waals surface area contributed by atoms with Crippen LogP contribution in [0.25, 0.3) is 21.5 Å². The molecule has 1 aliphatic heterocycles. The van der Waals surface area contributed by atoms with Gasteiger partial charge in [-0.1, -0.05) is 84.9 Å². The van der Waals surface area contributed by atoms with Crippen molar-refractivity contribution < 1.29 is 22.8 Å². The number of rotatable bonds is 8. The number of benzene rings is 4. The molecular weight excluding hydrogens is 588 g/mol. The number of nitrogens with one attached hydrogen (secondary N) is 2. The summed E-state index contributed by atoms with van der Waals surface area (Å²) in [6.07, 6.45) is 2.20. The van der Waals surface area contributed by atoms with E-state index in [1.807, 2.05) is 72.8 Å². The average molecular weight is 621 g/mol. The lowest BCUT2D eigenvalue weighted by molar-refractivity contribution is -0.128. The predicted molar refractivity (Wildman–Crippen MR) is 172 cm³/mol. The maximum Gasteiger partial charge on any atom is 0.260 e. The van der Waals surface area contributed by atoms with Gasteiger partial charge in [-0.25, -0.2) is 13.4 Å². The number of carbonyl (C=O) groups is 3. The molecule has 1 aromatic heterocycles. The zero-order valence-electron chi connectivity index (χ0n) is 24.4. The first-order valence-electron chi connectivity index (χ1n) is 14.8. The maximum atomic E-state index is 13.8. The lowest BCUT2D eigenvalue weighted by Crippen LogP contribution is -2.53. The SMILES string of the molecule is O=C(N[C@@H](Cc1ccc2ccccc2c1)C(=O)N[C@H]1CCCN(S(=O)(=O)c2ccccn2)CC1=O)c1cccc2ccccc12. The summed E-state index contributed by atoms with van der Waals surface area (Å²) in [4.78, 5) is 44.8. The van der Waals surface area contributed by atoms with Crippen LogP contribution in [0.2, 0.25) is 0 Å². The van der Waals surface area contributed by atoms with Crippen LogP contribution in [0, 0.1) is 0 Å². The molecule has 1 aliphatic rings. The lowest BCUT2D eigenvalue weighted by atomic mass is 9.99. The Bertz CT molecular complexity index is 1990. The first-order chi connectivity index (χ1) is 21.8. The topological polar surface area (TPSA) is 126 Å². The zero-order chi connectivity index (χ0) is 31.4. The fraction of sp³-hybridized carbons (Fsp3) is 0.200. The number of hydrogen-bond donors (Lipinski definition) is 2. The van der Waals surface area contributed by atoms with Gasteiger partial charge in [0.15, 0.2) is 10.8 Å². The van der Waals surface area contributed by atoms with Gasteiger partial charge in [-0.05, 0) is 58.1 Å². The van der Waals surface area contributed by atoms with Gasteiger partial charge < -0.3 is 10.6 Å². The number of Topliss-reactive ketones (excluding diaryl/α,β-unsaturated/α-hetero) is 1. The van der Waals surface area contributed by atoms with E-state index in [0.717, 1.165) is 31.4 Å². The Balaban J connectivity index is 1.24. The van der Waals surface area contributed by atoms with Crippen LogP contribution in [0.3, 0.4) is 0 Å². The molecule has 10 heteroatoms. The first-order valence-corrected chi connectivity index (χ1v) is 16.2. The van der Waals surface area contributed by atoms with Crippen molar-refractivity contribution in [2.24, 2.45) is 0 Å². The summed E-state index contributed by atoms with van der Waals surface area (Å²) in [5, 5.41) is 9.33. The van der Waals surface area contributed by atoms with Gasteiger partial charge in [0.05, 0.1) is 12.6 Å². The molecule has 5 aromatic rings. The van der Waals surface area contributed by atoms with Crippen molar-refractivity contribution in [1.82, 2.24) is 19.9 Å².